The molecule has 0 radical (unpaired) electrons. The predicted octanol–water partition coefficient (Wildman–Crippen LogP) is 0.443. The minimum atomic E-state index is -1.41. The molecule has 7 heteroatoms. The lowest BCUT2D eigenvalue weighted by molar-refractivity contribution is -0.388. The van der Waals surface area contributed by atoms with Crippen molar-refractivity contribution in [2.24, 2.45) is 0 Å². The first-order valence-electron chi connectivity index (χ1n) is 2.57. The number of pyridine rings is 1. The van der Waals surface area contributed by atoms with Crippen molar-refractivity contribution < 1.29 is 19.2 Å². The molecule has 0 aliphatic carbocycles. The summed E-state index contributed by atoms with van der Waals surface area (Å²) in [7, 11) is 0. The van der Waals surface area contributed by atoms with Crippen LogP contribution in [-0.4, -0.2) is 15.4 Å². The van der Waals surface area contributed by atoms with Crippen LogP contribution in [0.4, 0.5) is 14.5 Å². The van der Waals surface area contributed by atoms with E-state index in [1.165, 1.54) is 0 Å². The van der Waals surface area contributed by atoms with Crippen molar-refractivity contribution in [3.63, 3.8) is 0 Å². The highest BCUT2D eigenvalue weighted by Gasteiger charge is 2.14. The quantitative estimate of drug-likeness (QED) is 0.355. The molecule has 66 valence electrons. The molecule has 1 rings (SSSR count). The number of halogens is 2. The zero-order valence-corrected chi connectivity index (χ0v) is 5.62. The standard InChI is InChI=1S/C5H2F2N2O2.H2O/c6-4-2-1-3(9(10)11)5(7)8-4;/h1-2H;1H2. The summed E-state index contributed by atoms with van der Waals surface area (Å²) in [6, 6.07) is 1.44. The third kappa shape index (κ3) is 1.92. The number of rotatable bonds is 1. The summed E-state index contributed by atoms with van der Waals surface area (Å²) in [5, 5.41) is 9.94. The van der Waals surface area contributed by atoms with Crippen molar-refractivity contribution in [2.45, 2.75) is 0 Å². The Morgan fingerprint density at radius 1 is 1.42 bits per heavy atom. The summed E-state index contributed by atoms with van der Waals surface area (Å²) in [5.74, 6) is -2.48. The van der Waals surface area contributed by atoms with Gasteiger partial charge in [0.05, 0.1) is 4.92 Å². The molecule has 0 bridgehead atoms. The topological polar surface area (TPSA) is 87.5 Å². The summed E-state index contributed by atoms with van der Waals surface area (Å²) in [5.41, 5.74) is -0.827. The number of hydrogen-bond acceptors (Lipinski definition) is 3. The molecule has 5 nitrogen and oxygen atoms in total. The van der Waals surface area contributed by atoms with Crippen LogP contribution < -0.4 is 0 Å². The van der Waals surface area contributed by atoms with E-state index in [-0.39, 0.29) is 5.48 Å². The van der Waals surface area contributed by atoms with Crippen LogP contribution in [0.15, 0.2) is 12.1 Å². The van der Waals surface area contributed by atoms with E-state index in [1.807, 2.05) is 0 Å². The van der Waals surface area contributed by atoms with Gasteiger partial charge in [-0.25, -0.2) is 0 Å². The van der Waals surface area contributed by atoms with Gasteiger partial charge in [-0.3, -0.25) is 10.1 Å². The highest BCUT2D eigenvalue weighted by atomic mass is 19.1. The lowest BCUT2D eigenvalue weighted by Gasteiger charge is -1.90. The third-order valence-electron chi connectivity index (χ3n) is 0.992. The summed E-state index contributed by atoms with van der Waals surface area (Å²) < 4.78 is 24.3. The number of hydrogen-bond donors (Lipinski definition) is 0. The van der Waals surface area contributed by atoms with E-state index in [0.29, 0.717) is 0 Å². The average molecular weight is 178 g/mol. The van der Waals surface area contributed by atoms with Crippen LogP contribution in [0.25, 0.3) is 0 Å². The van der Waals surface area contributed by atoms with Gasteiger partial charge in [-0.05, 0) is 0 Å². The lowest BCUT2D eigenvalue weighted by atomic mass is 10.4. The van der Waals surface area contributed by atoms with Crippen molar-refractivity contribution in [3.05, 3.63) is 34.1 Å². The molecule has 0 fully saturated rings. The highest BCUT2D eigenvalue weighted by Crippen LogP contribution is 2.13. The second-order valence-electron chi connectivity index (χ2n) is 1.70. The molecule has 0 unspecified atom stereocenters. The van der Waals surface area contributed by atoms with Crippen LogP contribution in [0.1, 0.15) is 0 Å². The Kier molecular flexibility index (Phi) is 3.17. The zero-order chi connectivity index (χ0) is 8.43. The highest BCUT2D eigenvalue weighted by molar-refractivity contribution is 5.26. The van der Waals surface area contributed by atoms with Gasteiger partial charge in [0.25, 0.3) is 5.95 Å². The Morgan fingerprint density at radius 3 is 2.42 bits per heavy atom. The van der Waals surface area contributed by atoms with E-state index < -0.39 is 22.5 Å². The van der Waals surface area contributed by atoms with E-state index in [2.05, 4.69) is 4.98 Å². The van der Waals surface area contributed by atoms with Crippen molar-refractivity contribution in [1.29, 1.82) is 0 Å². The molecular formula is C5H4F2N2O3. The van der Waals surface area contributed by atoms with Gasteiger partial charge in [0.15, 0.2) is 0 Å². The summed E-state index contributed by atoms with van der Waals surface area (Å²) in [4.78, 5) is 11.6. The van der Waals surface area contributed by atoms with Gasteiger partial charge in [-0.1, -0.05) is 0 Å². The van der Waals surface area contributed by atoms with Crippen LogP contribution >= 0.6 is 0 Å². The Hall–Kier alpha value is -1.63. The molecule has 12 heavy (non-hydrogen) atoms. The third-order valence-corrected chi connectivity index (χ3v) is 0.992. The van der Waals surface area contributed by atoms with Gasteiger partial charge in [-0.15, -0.1) is 0 Å². The number of nitrogens with zero attached hydrogens (tertiary/aromatic N) is 2. The van der Waals surface area contributed by atoms with Gasteiger partial charge in [0.1, 0.15) is 0 Å². The first kappa shape index (κ1) is 10.4. The Morgan fingerprint density at radius 2 is 2.00 bits per heavy atom. The van der Waals surface area contributed by atoms with E-state index in [1.54, 1.807) is 0 Å². The largest absolute Gasteiger partial charge is 0.412 e. The molecular weight excluding hydrogens is 174 g/mol. The molecule has 2 N–H and O–H groups in total. The average Bonchev–Trinajstić information content (AvgIpc) is 1.85. The number of aromatic nitrogens is 1. The van der Waals surface area contributed by atoms with E-state index >= 15 is 0 Å². The van der Waals surface area contributed by atoms with Crippen LogP contribution in [0.5, 0.6) is 0 Å². The summed E-state index contributed by atoms with van der Waals surface area (Å²) >= 11 is 0. The summed E-state index contributed by atoms with van der Waals surface area (Å²) in [6.45, 7) is 0. The molecule has 0 aromatic carbocycles. The van der Waals surface area contributed by atoms with Gasteiger partial charge in [0.2, 0.25) is 5.95 Å². The Bertz CT molecular complexity index is 305. The van der Waals surface area contributed by atoms with Crippen LogP contribution in [0.3, 0.4) is 0 Å². The fraction of sp³-hybridized carbons (Fsp3) is 0. The molecule has 0 spiro atoms. The first-order valence-corrected chi connectivity index (χ1v) is 2.57. The molecule has 0 atom stereocenters. The maximum Gasteiger partial charge on any atom is 0.324 e. The van der Waals surface area contributed by atoms with Crippen molar-refractivity contribution in [2.75, 3.05) is 0 Å². The Balaban J connectivity index is 0.00000121. The fourth-order valence-electron chi connectivity index (χ4n) is 0.541. The normalized spacial score (nSPS) is 8.83. The second-order valence-corrected chi connectivity index (χ2v) is 1.70. The van der Waals surface area contributed by atoms with Crippen LogP contribution in [0.2, 0.25) is 0 Å². The maximum atomic E-state index is 12.3. The summed E-state index contributed by atoms with van der Waals surface area (Å²) in [6.07, 6.45) is 0. The van der Waals surface area contributed by atoms with Crippen molar-refractivity contribution in [3.8, 4) is 0 Å². The zero-order valence-electron chi connectivity index (χ0n) is 5.62. The fourth-order valence-corrected chi connectivity index (χ4v) is 0.541. The van der Waals surface area contributed by atoms with E-state index in [0.717, 1.165) is 12.1 Å². The van der Waals surface area contributed by atoms with Crippen LogP contribution in [0, 0.1) is 22.0 Å². The molecule has 1 aromatic heterocycles. The minimum absolute atomic E-state index is 0. The SMILES string of the molecule is O.O=[N+]([O-])c1ccc(F)nc1F. The minimum Gasteiger partial charge on any atom is -0.412 e. The van der Waals surface area contributed by atoms with Gasteiger partial charge in [-0.2, -0.15) is 13.8 Å². The smallest absolute Gasteiger partial charge is 0.324 e. The van der Waals surface area contributed by atoms with Crippen molar-refractivity contribution in [1.82, 2.24) is 4.98 Å². The van der Waals surface area contributed by atoms with Crippen LogP contribution in [-0.2, 0) is 0 Å². The maximum absolute atomic E-state index is 12.3. The van der Waals surface area contributed by atoms with Gasteiger partial charge >= 0.3 is 5.69 Å². The second kappa shape index (κ2) is 3.67. The molecule has 0 amide bonds. The molecule has 1 heterocycles. The predicted molar refractivity (Wildman–Crippen MR) is 34.4 cm³/mol. The molecule has 0 saturated carbocycles. The lowest BCUT2D eigenvalue weighted by Crippen LogP contribution is -1.96. The van der Waals surface area contributed by atoms with E-state index in [9.17, 15) is 18.9 Å². The molecule has 0 saturated heterocycles. The number of nitro groups is 1. The van der Waals surface area contributed by atoms with Gasteiger partial charge < -0.3 is 5.48 Å². The molecule has 1 aromatic rings. The molecule has 0 aliphatic heterocycles. The van der Waals surface area contributed by atoms with Crippen molar-refractivity contribution >= 4 is 5.69 Å². The van der Waals surface area contributed by atoms with Gasteiger partial charge in [0, 0.05) is 12.1 Å². The Labute approximate surface area is 65.1 Å². The van der Waals surface area contributed by atoms with E-state index in [4.69, 9.17) is 0 Å². The first-order chi connectivity index (χ1) is 5.11. The monoisotopic (exact) mass is 178 g/mol. The molecule has 0 aliphatic rings.